The second kappa shape index (κ2) is 16.0. The molecule has 0 aliphatic heterocycles. The summed E-state index contributed by atoms with van der Waals surface area (Å²) in [6.07, 6.45) is -1.37. The fourth-order valence-electron chi connectivity index (χ4n) is 9.69. The van der Waals surface area contributed by atoms with E-state index in [-0.39, 0.29) is 22.5 Å². The highest BCUT2D eigenvalue weighted by molar-refractivity contribution is 6.12. The number of para-hydroxylation sites is 2. The van der Waals surface area contributed by atoms with Gasteiger partial charge < -0.3 is 9.13 Å². The van der Waals surface area contributed by atoms with Gasteiger partial charge in [0.25, 0.3) is 0 Å². The van der Waals surface area contributed by atoms with Crippen molar-refractivity contribution in [1.82, 2.24) is 19.1 Å². The van der Waals surface area contributed by atoms with Crippen molar-refractivity contribution in [3.8, 4) is 67.3 Å². The maximum Gasteiger partial charge on any atom is 0.418 e. The first-order valence-electron chi connectivity index (χ1n) is 22.0. The van der Waals surface area contributed by atoms with Crippen LogP contribution >= 0.6 is 0 Å². The first kappa shape index (κ1) is 40.8. The molecule has 8 aromatic carbocycles. The van der Waals surface area contributed by atoms with Crippen molar-refractivity contribution in [3.63, 3.8) is 0 Å². The van der Waals surface area contributed by atoms with Gasteiger partial charge in [0.05, 0.1) is 50.4 Å². The molecule has 9 heteroatoms. The molecule has 68 heavy (non-hydrogen) atoms. The Morgan fingerprint density at radius 2 is 0.779 bits per heavy atom. The number of fused-ring (bicyclic) bond motifs is 6. The molecule has 12 rings (SSSR count). The van der Waals surface area contributed by atoms with E-state index < -0.39 is 23.4 Å². The Morgan fingerprint density at radius 1 is 0.338 bits per heavy atom. The van der Waals surface area contributed by atoms with Gasteiger partial charge in [-0.05, 0) is 113 Å². The van der Waals surface area contributed by atoms with Crippen LogP contribution in [0.5, 0.6) is 0 Å². The summed E-state index contributed by atoms with van der Waals surface area (Å²) < 4.78 is 82.3. The first-order chi connectivity index (χ1) is 33.2. The van der Waals surface area contributed by atoms with Gasteiger partial charge in [0.15, 0.2) is 0 Å². The fraction of sp³-hybridized carbons (Fsp3) is 0.0169. The molecule has 0 unspecified atom stereocenters. The van der Waals surface area contributed by atoms with Gasteiger partial charge in [0.2, 0.25) is 0 Å². The number of pyridine rings is 2. The largest absolute Gasteiger partial charge is 0.418 e. The molecule has 0 radical (unpaired) electrons. The number of halogens is 5. The summed E-state index contributed by atoms with van der Waals surface area (Å²) in [4.78, 5) is 9.20. The van der Waals surface area contributed by atoms with Gasteiger partial charge in [-0.2, -0.15) is 13.2 Å². The summed E-state index contributed by atoms with van der Waals surface area (Å²) >= 11 is 0. The fourth-order valence-corrected chi connectivity index (χ4v) is 9.69. The van der Waals surface area contributed by atoms with E-state index in [2.05, 4.69) is 9.97 Å². The van der Waals surface area contributed by atoms with Crippen LogP contribution in [-0.4, -0.2) is 19.1 Å². The number of hydrogen-bond donors (Lipinski definition) is 0. The van der Waals surface area contributed by atoms with Gasteiger partial charge in [-0.15, -0.1) is 0 Å². The molecule has 0 N–H and O–H groups in total. The van der Waals surface area contributed by atoms with Crippen LogP contribution in [0, 0.1) is 11.6 Å². The number of hydrogen-bond acceptors (Lipinski definition) is 2. The standard InChI is InChI=1S/C59H35F5N4/c60-43-27-42(28-44(61)33-43)47-34-58(68-54-18-10-8-16-46(54)49-30-39(20-22-56(49)68)41-24-26-66-52(32-41)37-13-5-2-6-14-37)50(59(62,63)64)35-57(47)67-53-17-9-7-15-45(53)48-29-38(19-21-55(48)67)40-23-25-65-51(31-40)36-11-3-1-4-12-36/h1-35H. The maximum absolute atomic E-state index is 16.1. The molecule has 4 heterocycles. The quantitative estimate of drug-likeness (QED) is 0.149. The molecule has 4 aromatic heterocycles. The zero-order chi connectivity index (χ0) is 46.1. The molecule has 4 nitrogen and oxygen atoms in total. The van der Waals surface area contributed by atoms with Crippen molar-refractivity contribution in [2.75, 3.05) is 0 Å². The Morgan fingerprint density at radius 3 is 1.28 bits per heavy atom. The highest BCUT2D eigenvalue weighted by atomic mass is 19.4. The van der Waals surface area contributed by atoms with Crippen LogP contribution in [0.2, 0.25) is 0 Å². The second-order valence-corrected chi connectivity index (χ2v) is 16.8. The lowest BCUT2D eigenvalue weighted by molar-refractivity contribution is -0.137. The van der Waals surface area contributed by atoms with Crippen molar-refractivity contribution >= 4 is 43.6 Å². The Balaban J connectivity index is 1.10. The predicted octanol–water partition coefficient (Wildman–Crippen LogP) is 16.3. The Kier molecular flexibility index (Phi) is 9.62. The lowest BCUT2D eigenvalue weighted by Crippen LogP contribution is -2.13. The monoisotopic (exact) mass is 894 g/mol. The highest BCUT2D eigenvalue weighted by Crippen LogP contribution is 2.46. The summed E-state index contributed by atoms with van der Waals surface area (Å²) in [7, 11) is 0. The minimum atomic E-state index is -4.87. The molecule has 12 aromatic rings. The minimum absolute atomic E-state index is 0.0789. The van der Waals surface area contributed by atoms with Crippen LogP contribution in [0.15, 0.2) is 213 Å². The molecule has 0 aliphatic carbocycles. The Labute approximate surface area is 386 Å². The molecule has 326 valence electrons. The molecule has 0 spiro atoms. The lowest BCUT2D eigenvalue weighted by atomic mass is 9.98. The molecule has 0 saturated carbocycles. The van der Waals surface area contributed by atoms with Crippen LogP contribution in [0.4, 0.5) is 22.0 Å². The van der Waals surface area contributed by atoms with Crippen LogP contribution in [0.1, 0.15) is 5.56 Å². The zero-order valence-corrected chi connectivity index (χ0v) is 35.9. The summed E-state index contributed by atoms with van der Waals surface area (Å²) in [5.41, 5.74) is 8.62. The number of nitrogens with zero attached hydrogens (tertiary/aromatic N) is 4. The Hall–Kier alpha value is -8.69. The van der Waals surface area contributed by atoms with E-state index in [1.54, 1.807) is 33.7 Å². The number of rotatable bonds is 7. The van der Waals surface area contributed by atoms with Crippen molar-refractivity contribution in [3.05, 3.63) is 230 Å². The van der Waals surface area contributed by atoms with Gasteiger partial charge in [0, 0.05) is 56.7 Å². The van der Waals surface area contributed by atoms with Crippen molar-refractivity contribution in [1.29, 1.82) is 0 Å². The molecular formula is C59H35F5N4. The van der Waals surface area contributed by atoms with Gasteiger partial charge in [-0.25, -0.2) is 8.78 Å². The molecule has 0 aliphatic rings. The third-order valence-corrected chi connectivity index (χ3v) is 12.7. The third kappa shape index (κ3) is 6.98. The van der Waals surface area contributed by atoms with E-state index >= 15 is 22.0 Å². The van der Waals surface area contributed by atoms with Crippen molar-refractivity contribution in [2.45, 2.75) is 6.18 Å². The number of benzene rings is 8. The van der Waals surface area contributed by atoms with Gasteiger partial charge in [-0.3, -0.25) is 9.97 Å². The summed E-state index contributed by atoms with van der Waals surface area (Å²) in [6, 6.07) is 59.5. The summed E-state index contributed by atoms with van der Waals surface area (Å²) in [5.74, 6) is -1.72. The summed E-state index contributed by atoms with van der Waals surface area (Å²) in [5, 5.41) is 3.04. The van der Waals surface area contributed by atoms with Gasteiger partial charge >= 0.3 is 6.18 Å². The second-order valence-electron chi connectivity index (χ2n) is 16.8. The van der Waals surface area contributed by atoms with Crippen LogP contribution in [0.25, 0.3) is 111 Å². The lowest BCUT2D eigenvalue weighted by Gasteiger charge is -2.22. The van der Waals surface area contributed by atoms with Crippen LogP contribution < -0.4 is 0 Å². The van der Waals surface area contributed by atoms with Crippen LogP contribution in [0.3, 0.4) is 0 Å². The molecular weight excluding hydrogens is 860 g/mol. The van der Waals surface area contributed by atoms with E-state index in [0.29, 0.717) is 22.1 Å². The number of alkyl halides is 3. The van der Waals surface area contributed by atoms with Crippen molar-refractivity contribution in [2.24, 2.45) is 0 Å². The average Bonchev–Trinajstić information content (AvgIpc) is 3.88. The SMILES string of the molecule is Fc1cc(F)cc(-c2cc(-n3c4ccccc4c4cc(-c5ccnc(-c6ccccc6)c5)ccc43)c(C(F)(F)F)cc2-n2c3ccccc3c3cc(-c4ccnc(-c5ccccc5)c4)ccc32)c1. The highest BCUT2D eigenvalue weighted by Gasteiger charge is 2.37. The average molecular weight is 895 g/mol. The number of aromatic nitrogens is 4. The van der Waals surface area contributed by atoms with E-state index in [4.69, 9.17) is 0 Å². The van der Waals surface area contributed by atoms with Gasteiger partial charge in [0.1, 0.15) is 11.6 Å². The van der Waals surface area contributed by atoms with Crippen molar-refractivity contribution < 1.29 is 22.0 Å². The smallest absolute Gasteiger partial charge is 0.309 e. The predicted molar refractivity (Wildman–Crippen MR) is 263 cm³/mol. The van der Waals surface area contributed by atoms with E-state index in [0.717, 1.165) is 90.6 Å². The third-order valence-electron chi connectivity index (χ3n) is 12.7. The normalized spacial score (nSPS) is 11.9. The molecule has 0 amide bonds. The summed E-state index contributed by atoms with van der Waals surface area (Å²) in [6.45, 7) is 0. The van der Waals surface area contributed by atoms with E-state index in [9.17, 15) is 0 Å². The molecule has 0 fully saturated rings. The first-order valence-corrected chi connectivity index (χ1v) is 22.0. The Bertz CT molecular complexity index is 3910. The van der Waals surface area contributed by atoms with E-state index in [1.807, 2.05) is 158 Å². The topological polar surface area (TPSA) is 35.6 Å². The minimum Gasteiger partial charge on any atom is -0.309 e. The van der Waals surface area contributed by atoms with Crippen LogP contribution in [-0.2, 0) is 6.18 Å². The van der Waals surface area contributed by atoms with E-state index in [1.165, 1.54) is 6.07 Å². The molecule has 0 bridgehead atoms. The maximum atomic E-state index is 16.1. The molecule has 0 atom stereocenters. The molecule has 0 saturated heterocycles. The van der Waals surface area contributed by atoms with Gasteiger partial charge in [-0.1, -0.05) is 109 Å². The zero-order valence-electron chi connectivity index (χ0n) is 35.9.